The molecule has 0 radical (unpaired) electrons. The molecular weight excluding hydrogens is 270 g/mol. The van der Waals surface area contributed by atoms with Crippen LogP contribution in [-0.4, -0.2) is 11.1 Å². The van der Waals surface area contributed by atoms with Gasteiger partial charge in [-0.05, 0) is 41.4 Å². The summed E-state index contributed by atoms with van der Waals surface area (Å²) in [7, 11) is 0. The fraction of sp³-hybridized carbons (Fsp3) is 0.125. The number of hydrogen-bond acceptors (Lipinski definition) is 3. The van der Waals surface area contributed by atoms with Crippen LogP contribution in [0.4, 0.5) is 0 Å². The van der Waals surface area contributed by atoms with Crippen molar-refractivity contribution in [2.45, 2.75) is 11.7 Å². The lowest BCUT2D eigenvalue weighted by atomic mass is 10.0. The van der Waals surface area contributed by atoms with Gasteiger partial charge in [0.1, 0.15) is 5.40 Å². The Bertz CT molecular complexity index is 634. The van der Waals surface area contributed by atoms with E-state index in [2.05, 4.69) is 5.40 Å². The van der Waals surface area contributed by atoms with Crippen LogP contribution in [0.3, 0.4) is 0 Å². The van der Waals surface area contributed by atoms with E-state index in [1.165, 1.54) is 11.8 Å². The minimum Gasteiger partial charge on any atom is -0.478 e. The van der Waals surface area contributed by atoms with Crippen molar-refractivity contribution in [3.05, 3.63) is 71.3 Å². The van der Waals surface area contributed by atoms with Gasteiger partial charge in [-0.2, -0.15) is 5.26 Å². The number of rotatable bonds is 5. The maximum atomic E-state index is 11.0. The van der Waals surface area contributed by atoms with Crippen molar-refractivity contribution in [1.82, 2.24) is 0 Å². The van der Waals surface area contributed by atoms with E-state index in [1.54, 1.807) is 18.2 Å². The van der Waals surface area contributed by atoms with Crippen molar-refractivity contribution in [2.75, 3.05) is 0 Å². The first-order valence-electron chi connectivity index (χ1n) is 6.12. The Morgan fingerprint density at radius 3 is 2.60 bits per heavy atom. The molecule has 2 aromatic rings. The van der Waals surface area contributed by atoms with Crippen molar-refractivity contribution >= 4 is 17.7 Å². The van der Waals surface area contributed by atoms with Gasteiger partial charge in [0.15, 0.2) is 0 Å². The Balaban J connectivity index is 2.23. The van der Waals surface area contributed by atoms with Crippen LogP contribution in [0, 0.1) is 10.7 Å². The fourth-order valence-corrected chi connectivity index (χ4v) is 2.70. The molecular formula is C16H13NO2S. The molecule has 1 N–H and O–H groups in total. The summed E-state index contributed by atoms with van der Waals surface area (Å²) in [5, 5.41) is 20.1. The molecule has 0 heterocycles. The summed E-state index contributed by atoms with van der Waals surface area (Å²) in [4.78, 5) is 11.0. The zero-order chi connectivity index (χ0) is 14.4. The molecule has 0 bridgehead atoms. The predicted molar refractivity (Wildman–Crippen MR) is 79.5 cm³/mol. The number of thioether (sulfide) groups is 1. The quantitative estimate of drug-likeness (QED) is 0.846. The molecule has 0 aliphatic heterocycles. The van der Waals surface area contributed by atoms with E-state index in [0.29, 0.717) is 6.42 Å². The summed E-state index contributed by atoms with van der Waals surface area (Å²) in [6, 6.07) is 16.6. The van der Waals surface area contributed by atoms with E-state index in [0.717, 1.165) is 11.1 Å². The van der Waals surface area contributed by atoms with E-state index in [9.17, 15) is 4.79 Å². The molecule has 20 heavy (non-hydrogen) atoms. The number of benzene rings is 2. The van der Waals surface area contributed by atoms with Gasteiger partial charge in [-0.15, -0.1) is 0 Å². The number of carbonyl (C=O) groups is 1. The van der Waals surface area contributed by atoms with Gasteiger partial charge >= 0.3 is 5.97 Å². The molecule has 0 spiro atoms. The average Bonchev–Trinajstić information content (AvgIpc) is 2.48. The molecule has 2 aromatic carbocycles. The summed E-state index contributed by atoms with van der Waals surface area (Å²) in [5.74, 6) is -0.934. The van der Waals surface area contributed by atoms with Crippen LogP contribution in [0.5, 0.6) is 0 Å². The first kappa shape index (κ1) is 14.2. The number of nitriles is 1. The van der Waals surface area contributed by atoms with Gasteiger partial charge in [0.05, 0.1) is 5.56 Å². The van der Waals surface area contributed by atoms with Gasteiger partial charge in [0.25, 0.3) is 0 Å². The molecule has 0 aliphatic carbocycles. The van der Waals surface area contributed by atoms with Gasteiger partial charge in [-0.1, -0.05) is 42.5 Å². The van der Waals surface area contributed by atoms with Gasteiger partial charge < -0.3 is 5.11 Å². The van der Waals surface area contributed by atoms with Crippen molar-refractivity contribution in [2.24, 2.45) is 0 Å². The first-order chi connectivity index (χ1) is 9.70. The van der Waals surface area contributed by atoms with E-state index in [1.807, 2.05) is 36.4 Å². The maximum absolute atomic E-state index is 11.0. The number of carboxylic acids is 1. The average molecular weight is 283 g/mol. The molecule has 1 atom stereocenters. The summed E-state index contributed by atoms with van der Waals surface area (Å²) in [6.45, 7) is 0. The molecule has 100 valence electrons. The molecule has 0 aromatic heterocycles. The third-order valence-electron chi connectivity index (χ3n) is 2.96. The molecule has 0 fully saturated rings. The van der Waals surface area contributed by atoms with Crippen molar-refractivity contribution in [3.63, 3.8) is 0 Å². The maximum Gasteiger partial charge on any atom is 0.335 e. The highest BCUT2D eigenvalue weighted by Gasteiger charge is 2.14. The van der Waals surface area contributed by atoms with Crippen LogP contribution in [0.1, 0.15) is 26.7 Å². The molecule has 0 saturated heterocycles. The van der Waals surface area contributed by atoms with Crippen LogP contribution in [-0.2, 0) is 6.42 Å². The molecule has 0 saturated carbocycles. The SMILES string of the molecule is N#CSC(Cc1cccc(C(=O)O)c1)c1ccccc1. The minimum absolute atomic E-state index is 0.00486. The summed E-state index contributed by atoms with van der Waals surface area (Å²) in [6.07, 6.45) is 0.628. The largest absolute Gasteiger partial charge is 0.478 e. The summed E-state index contributed by atoms with van der Waals surface area (Å²) >= 11 is 1.20. The highest BCUT2D eigenvalue weighted by Crippen LogP contribution is 2.31. The first-order valence-corrected chi connectivity index (χ1v) is 7.00. The third kappa shape index (κ3) is 3.62. The molecule has 0 amide bonds. The lowest BCUT2D eigenvalue weighted by Gasteiger charge is -2.13. The number of thiocyanates is 1. The van der Waals surface area contributed by atoms with E-state index in [-0.39, 0.29) is 10.8 Å². The highest BCUT2D eigenvalue weighted by atomic mass is 32.2. The van der Waals surface area contributed by atoms with E-state index >= 15 is 0 Å². The second-order valence-corrected chi connectivity index (χ2v) is 5.31. The molecule has 0 aliphatic rings. The summed E-state index contributed by atoms with van der Waals surface area (Å²) in [5.41, 5.74) is 2.26. The van der Waals surface area contributed by atoms with Crippen molar-refractivity contribution in [1.29, 1.82) is 5.26 Å². The Labute approximate surface area is 121 Å². The van der Waals surface area contributed by atoms with Crippen LogP contribution >= 0.6 is 11.8 Å². The van der Waals surface area contributed by atoms with Gasteiger partial charge in [0.2, 0.25) is 0 Å². The van der Waals surface area contributed by atoms with Gasteiger partial charge in [-0.25, -0.2) is 4.79 Å². The van der Waals surface area contributed by atoms with Gasteiger partial charge in [-0.3, -0.25) is 0 Å². The van der Waals surface area contributed by atoms with Crippen molar-refractivity contribution < 1.29 is 9.90 Å². The minimum atomic E-state index is -0.934. The van der Waals surface area contributed by atoms with E-state index in [4.69, 9.17) is 10.4 Å². The third-order valence-corrected chi connectivity index (χ3v) is 3.79. The fourth-order valence-electron chi connectivity index (χ4n) is 2.00. The van der Waals surface area contributed by atoms with E-state index < -0.39 is 5.97 Å². The normalized spacial score (nSPS) is 11.6. The van der Waals surface area contributed by atoms with Crippen LogP contribution in [0.15, 0.2) is 54.6 Å². The van der Waals surface area contributed by atoms with Crippen LogP contribution < -0.4 is 0 Å². The molecule has 3 nitrogen and oxygen atoms in total. The Morgan fingerprint density at radius 2 is 1.95 bits per heavy atom. The molecule has 4 heteroatoms. The van der Waals surface area contributed by atoms with Crippen LogP contribution in [0.2, 0.25) is 0 Å². The Kier molecular flexibility index (Phi) is 4.80. The number of aromatic carboxylic acids is 1. The lowest BCUT2D eigenvalue weighted by molar-refractivity contribution is 0.0697. The Morgan fingerprint density at radius 1 is 1.20 bits per heavy atom. The standard InChI is InChI=1S/C16H13NO2S/c17-11-20-15(13-6-2-1-3-7-13)10-12-5-4-8-14(9-12)16(18)19/h1-9,15H,10H2,(H,18,19). The molecule has 2 rings (SSSR count). The second kappa shape index (κ2) is 6.78. The van der Waals surface area contributed by atoms with Crippen LogP contribution in [0.25, 0.3) is 0 Å². The smallest absolute Gasteiger partial charge is 0.335 e. The predicted octanol–water partition coefficient (Wildman–Crippen LogP) is 3.88. The number of hydrogen-bond donors (Lipinski definition) is 1. The summed E-state index contributed by atoms with van der Waals surface area (Å²) < 4.78 is 0. The topological polar surface area (TPSA) is 61.1 Å². The monoisotopic (exact) mass is 283 g/mol. The zero-order valence-electron chi connectivity index (χ0n) is 10.7. The Hall–Kier alpha value is -2.25. The van der Waals surface area contributed by atoms with Crippen molar-refractivity contribution in [3.8, 4) is 5.40 Å². The number of nitrogens with zero attached hydrogens (tertiary/aromatic N) is 1. The molecule has 1 unspecified atom stereocenters. The zero-order valence-corrected chi connectivity index (χ0v) is 11.5. The highest BCUT2D eigenvalue weighted by molar-refractivity contribution is 8.03. The van der Waals surface area contributed by atoms with Gasteiger partial charge in [0, 0.05) is 5.25 Å². The number of carboxylic acid groups (broad SMARTS) is 1. The second-order valence-electron chi connectivity index (χ2n) is 4.32. The lowest BCUT2D eigenvalue weighted by Crippen LogP contribution is -2.01.